The minimum Gasteiger partial charge on any atom is -0.314 e. The Labute approximate surface area is 58.8 Å². The summed E-state index contributed by atoms with van der Waals surface area (Å²) >= 11 is 0. The molecule has 1 heteroatoms. The summed E-state index contributed by atoms with van der Waals surface area (Å²) in [6.07, 6.45) is 5.53. The lowest BCUT2D eigenvalue weighted by molar-refractivity contribution is 0.393. The normalized spacial score (nSPS) is 27.0. The first-order valence-electron chi connectivity index (χ1n) is 3.67. The Kier molecular flexibility index (Phi) is 4.78. The Morgan fingerprint density at radius 2 is 2.22 bits per heavy atom. The van der Waals surface area contributed by atoms with Gasteiger partial charge in [-0.15, -0.1) is 0 Å². The van der Waals surface area contributed by atoms with Crippen LogP contribution in [0.25, 0.3) is 0 Å². The molecule has 0 bridgehead atoms. The van der Waals surface area contributed by atoms with Gasteiger partial charge in [-0.2, -0.15) is 0 Å². The number of hydrogen-bond acceptors (Lipinski definition) is 1. The minimum atomic E-state index is 0. The van der Waals surface area contributed by atoms with E-state index in [2.05, 4.69) is 12.2 Å². The monoisotopic (exact) mass is 129 g/mol. The molecule has 9 heavy (non-hydrogen) atoms. The molecule has 0 amide bonds. The average Bonchev–Trinajstić information content (AvgIpc) is 1.90. The predicted molar refractivity (Wildman–Crippen MR) is 42.7 cm³/mol. The van der Waals surface area contributed by atoms with Gasteiger partial charge >= 0.3 is 0 Å². The highest BCUT2D eigenvalue weighted by Crippen LogP contribution is 2.08. The summed E-state index contributed by atoms with van der Waals surface area (Å²) < 4.78 is 0. The molecule has 1 heterocycles. The highest BCUT2D eigenvalue weighted by atomic mass is 14.9. The van der Waals surface area contributed by atoms with Crippen LogP contribution in [0.3, 0.4) is 0 Å². The van der Waals surface area contributed by atoms with Crippen molar-refractivity contribution in [2.45, 2.75) is 46.1 Å². The van der Waals surface area contributed by atoms with E-state index >= 15 is 0 Å². The number of nitrogens with one attached hydrogen (secondary N) is 1. The first-order chi connectivity index (χ1) is 3.93. The third-order valence-electron chi connectivity index (χ3n) is 1.91. The van der Waals surface area contributed by atoms with E-state index in [1.54, 1.807) is 0 Å². The van der Waals surface area contributed by atoms with E-state index in [0.29, 0.717) is 0 Å². The molecule has 1 atom stereocenters. The molecule has 1 fully saturated rings. The standard InChI is InChI=1S/C7H15N.CH4/c1-2-7-5-3-4-6-8-7;/h7-8H,2-6H2,1H3;1H4. The van der Waals surface area contributed by atoms with Crippen LogP contribution >= 0.6 is 0 Å². The quantitative estimate of drug-likeness (QED) is 0.572. The van der Waals surface area contributed by atoms with Crippen molar-refractivity contribution >= 4 is 0 Å². The summed E-state index contributed by atoms with van der Waals surface area (Å²) in [4.78, 5) is 0. The molecule has 0 saturated carbocycles. The van der Waals surface area contributed by atoms with Gasteiger partial charge in [-0.25, -0.2) is 0 Å². The van der Waals surface area contributed by atoms with E-state index in [9.17, 15) is 0 Å². The minimum absolute atomic E-state index is 0. The van der Waals surface area contributed by atoms with Crippen molar-refractivity contribution in [2.75, 3.05) is 6.54 Å². The molecule has 1 nitrogen and oxygen atoms in total. The fraction of sp³-hybridized carbons (Fsp3) is 1.00. The first kappa shape index (κ1) is 8.96. The predicted octanol–water partition coefficient (Wildman–Crippen LogP) is 2.17. The van der Waals surface area contributed by atoms with Crippen molar-refractivity contribution < 1.29 is 0 Å². The van der Waals surface area contributed by atoms with Crippen LogP contribution in [-0.4, -0.2) is 12.6 Å². The SMILES string of the molecule is C.CCC1CCCCN1. The maximum atomic E-state index is 3.47. The fourth-order valence-corrected chi connectivity index (χ4v) is 1.27. The first-order valence-corrected chi connectivity index (χ1v) is 3.67. The molecule has 0 aliphatic carbocycles. The van der Waals surface area contributed by atoms with E-state index in [1.165, 1.54) is 32.2 Å². The van der Waals surface area contributed by atoms with Gasteiger partial charge in [0.2, 0.25) is 0 Å². The molecule has 0 aromatic rings. The van der Waals surface area contributed by atoms with E-state index < -0.39 is 0 Å². The second-order valence-electron chi connectivity index (χ2n) is 2.56. The Morgan fingerprint density at radius 1 is 1.44 bits per heavy atom. The van der Waals surface area contributed by atoms with Crippen molar-refractivity contribution in [3.63, 3.8) is 0 Å². The molecule has 1 rings (SSSR count). The van der Waals surface area contributed by atoms with Crippen molar-refractivity contribution in [2.24, 2.45) is 0 Å². The zero-order valence-electron chi connectivity index (χ0n) is 5.61. The lowest BCUT2D eigenvalue weighted by Gasteiger charge is -2.21. The Balaban J connectivity index is 0.000000640. The Bertz CT molecular complexity index is 55.6. The molecule has 1 aliphatic rings. The lowest BCUT2D eigenvalue weighted by atomic mass is 10.0. The number of piperidine rings is 1. The van der Waals surface area contributed by atoms with Gasteiger partial charge < -0.3 is 5.32 Å². The van der Waals surface area contributed by atoms with Crippen LogP contribution < -0.4 is 5.32 Å². The summed E-state index contributed by atoms with van der Waals surface area (Å²) in [5.41, 5.74) is 0. The van der Waals surface area contributed by atoms with Crippen LogP contribution in [0, 0.1) is 0 Å². The maximum absolute atomic E-state index is 3.47. The zero-order valence-corrected chi connectivity index (χ0v) is 5.61. The molecular weight excluding hydrogens is 110 g/mol. The third-order valence-corrected chi connectivity index (χ3v) is 1.91. The molecule has 0 spiro atoms. The Hall–Kier alpha value is -0.0400. The van der Waals surface area contributed by atoms with Crippen molar-refractivity contribution in [1.82, 2.24) is 5.32 Å². The summed E-state index contributed by atoms with van der Waals surface area (Å²) in [6, 6.07) is 0.837. The van der Waals surface area contributed by atoms with Crippen LogP contribution in [0.1, 0.15) is 40.0 Å². The topological polar surface area (TPSA) is 12.0 Å². The average molecular weight is 129 g/mol. The third kappa shape index (κ3) is 2.85. The molecule has 0 aromatic heterocycles. The van der Waals surface area contributed by atoms with Crippen LogP contribution in [-0.2, 0) is 0 Å². The second kappa shape index (κ2) is 4.80. The van der Waals surface area contributed by atoms with Gasteiger partial charge in [-0.1, -0.05) is 20.8 Å². The van der Waals surface area contributed by atoms with Gasteiger partial charge in [0.1, 0.15) is 0 Å². The second-order valence-corrected chi connectivity index (χ2v) is 2.56. The molecule has 1 aliphatic heterocycles. The number of hydrogen-bond donors (Lipinski definition) is 1. The highest BCUT2D eigenvalue weighted by molar-refractivity contribution is 4.69. The molecule has 0 aromatic carbocycles. The van der Waals surface area contributed by atoms with Crippen molar-refractivity contribution in [3.8, 4) is 0 Å². The zero-order chi connectivity index (χ0) is 5.82. The fourth-order valence-electron chi connectivity index (χ4n) is 1.27. The highest BCUT2D eigenvalue weighted by Gasteiger charge is 2.08. The summed E-state index contributed by atoms with van der Waals surface area (Å²) in [5.74, 6) is 0. The van der Waals surface area contributed by atoms with Crippen molar-refractivity contribution in [3.05, 3.63) is 0 Å². The molecule has 56 valence electrons. The van der Waals surface area contributed by atoms with Crippen LogP contribution in [0.4, 0.5) is 0 Å². The van der Waals surface area contributed by atoms with Crippen molar-refractivity contribution in [1.29, 1.82) is 0 Å². The summed E-state index contributed by atoms with van der Waals surface area (Å²) in [6.45, 7) is 3.50. The molecule has 1 N–H and O–H groups in total. The smallest absolute Gasteiger partial charge is 0.00644 e. The van der Waals surface area contributed by atoms with E-state index in [4.69, 9.17) is 0 Å². The van der Waals surface area contributed by atoms with E-state index in [0.717, 1.165) is 6.04 Å². The Morgan fingerprint density at radius 3 is 2.56 bits per heavy atom. The van der Waals surface area contributed by atoms with Gasteiger partial charge in [-0.05, 0) is 25.8 Å². The lowest BCUT2D eigenvalue weighted by Crippen LogP contribution is -2.32. The number of rotatable bonds is 1. The van der Waals surface area contributed by atoms with E-state index in [1.807, 2.05) is 0 Å². The largest absolute Gasteiger partial charge is 0.314 e. The van der Waals surface area contributed by atoms with Gasteiger partial charge in [0.15, 0.2) is 0 Å². The summed E-state index contributed by atoms with van der Waals surface area (Å²) in [5, 5.41) is 3.47. The molecule has 1 saturated heterocycles. The van der Waals surface area contributed by atoms with Gasteiger partial charge in [0.25, 0.3) is 0 Å². The van der Waals surface area contributed by atoms with E-state index in [-0.39, 0.29) is 7.43 Å². The molecule has 1 unspecified atom stereocenters. The molecule has 0 radical (unpaired) electrons. The van der Waals surface area contributed by atoms with Crippen LogP contribution in [0.2, 0.25) is 0 Å². The summed E-state index contributed by atoms with van der Waals surface area (Å²) in [7, 11) is 0. The van der Waals surface area contributed by atoms with Gasteiger partial charge in [-0.3, -0.25) is 0 Å². The van der Waals surface area contributed by atoms with Crippen LogP contribution in [0.5, 0.6) is 0 Å². The maximum Gasteiger partial charge on any atom is 0.00644 e. The van der Waals surface area contributed by atoms with Crippen LogP contribution in [0.15, 0.2) is 0 Å². The van der Waals surface area contributed by atoms with Gasteiger partial charge in [0.05, 0.1) is 0 Å². The molecular formula is C8H19N. The van der Waals surface area contributed by atoms with Gasteiger partial charge in [0, 0.05) is 6.04 Å².